The van der Waals surface area contributed by atoms with Crippen molar-refractivity contribution in [1.82, 2.24) is 19.5 Å². The van der Waals surface area contributed by atoms with Gasteiger partial charge >= 0.3 is 12.2 Å². The van der Waals surface area contributed by atoms with E-state index in [2.05, 4.69) is 16.0 Å². The molecule has 6 rings (SSSR count). The first-order chi connectivity index (χ1) is 18.8. The number of para-hydroxylation sites is 1. The molecule has 5 aromatic rings. The third-order valence-corrected chi connectivity index (χ3v) is 6.50. The molecule has 1 aliphatic rings. The van der Waals surface area contributed by atoms with E-state index in [-0.39, 0.29) is 23.6 Å². The van der Waals surface area contributed by atoms with Crippen LogP contribution in [-0.4, -0.2) is 26.1 Å². The van der Waals surface area contributed by atoms with Gasteiger partial charge in [0, 0.05) is 13.0 Å². The predicted octanol–water partition coefficient (Wildman–Crippen LogP) is 5.35. The standard InChI is InChI=1S/C28H19F3N6O2/c29-28(30,31)18-8-11-23-24(14-18)34-26(33-23)36-13-12-22-21(16-36)25(38)37(19-4-2-1-3-5-19)27(35-22)39-20-9-6-17(15-32)7-10-20/h1-11,14H,12-13,16H2,(H,33,34). The molecule has 0 radical (unpaired) electrons. The van der Waals surface area contributed by atoms with Crippen molar-refractivity contribution in [2.45, 2.75) is 19.1 Å². The molecule has 0 spiro atoms. The number of benzene rings is 3. The van der Waals surface area contributed by atoms with Gasteiger partial charge < -0.3 is 14.6 Å². The number of hydrogen-bond acceptors (Lipinski definition) is 6. The summed E-state index contributed by atoms with van der Waals surface area (Å²) in [5.41, 5.74) is 1.61. The van der Waals surface area contributed by atoms with Crippen molar-refractivity contribution in [2.75, 3.05) is 11.4 Å². The summed E-state index contributed by atoms with van der Waals surface area (Å²) in [7, 11) is 0. The lowest BCUT2D eigenvalue weighted by Crippen LogP contribution is -2.38. The molecule has 0 bridgehead atoms. The molecule has 11 heteroatoms. The molecule has 0 amide bonds. The normalized spacial score (nSPS) is 13.2. The Kier molecular flexibility index (Phi) is 5.80. The lowest BCUT2D eigenvalue weighted by atomic mass is 10.1. The minimum atomic E-state index is -4.46. The van der Waals surface area contributed by atoms with Gasteiger partial charge in [-0.2, -0.15) is 18.4 Å². The highest BCUT2D eigenvalue weighted by atomic mass is 19.4. The maximum atomic E-state index is 13.8. The van der Waals surface area contributed by atoms with Gasteiger partial charge in [0.05, 0.1) is 51.7 Å². The van der Waals surface area contributed by atoms with Crippen molar-refractivity contribution >= 4 is 17.0 Å². The molecule has 3 aromatic carbocycles. The highest BCUT2D eigenvalue weighted by Gasteiger charge is 2.31. The molecular weight excluding hydrogens is 509 g/mol. The van der Waals surface area contributed by atoms with Gasteiger partial charge in [-0.1, -0.05) is 18.2 Å². The summed E-state index contributed by atoms with van der Waals surface area (Å²) < 4.78 is 46.9. The van der Waals surface area contributed by atoms with Crippen LogP contribution in [0.2, 0.25) is 0 Å². The van der Waals surface area contributed by atoms with Crippen LogP contribution in [0, 0.1) is 11.3 Å². The molecule has 0 saturated carbocycles. The van der Waals surface area contributed by atoms with Crippen LogP contribution in [-0.2, 0) is 19.1 Å². The minimum absolute atomic E-state index is 0.0894. The van der Waals surface area contributed by atoms with E-state index in [0.717, 1.165) is 12.1 Å². The van der Waals surface area contributed by atoms with Gasteiger partial charge in [0.25, 0.3) is 5.56 Å². The van der Waals surface area contributed by atoms with Gasteiger partial charge in [0.15, 0.2) is 0 Å². The van der Waals surface area contributed by atoms with E-state index in [1.807, 2.05) is 11.0 Å². The highest BCUT2D eigenvalue weighted by Crippen LogP contribution is 2.32. The van der Waals surface area contributed by atoms with Crippen molar-refractivity contribution in [3.05, 3.63) is 106 Å². The Balaban J connectivity index is 1.38. The fourth-order valence-corrected chi connectivity index (χ4v) is 4.53. The molecule has 0 saturated heterocycles. The molecule has 194 valence electrons. The Morgan fingerprint density at radius 1 is 1.00 bits per heavy atom. The quantitative estimate of drug-likeness (QED) is 0.337. The van der Waals surface area contributed by atoms with Gasteiger partial charge in [0.2, 0.25) is 5.95 Å². The summed E-state index contributed by atoms with van der Waals surface area (Å²) in [6, 6.07) is 20.9. The summed E-state index contributed by atoms with van der Waals surface area (Å²) in [5.74, 6) is 0.794. The molecule has 0 unspecified atom stereocenters. The summed E-state index contributed by atoms with van der Waals surface area (Å²) >= 11 is 0. The number of rotatable bonds is 4. The molecule has 8 nitrogen and oxygen atoms in total. The monoisotopic (exact) mass is 528 g/mol. The minimum Gasteiger partial charge on any atom is -0.425 e. The van der Waals surface area contributed by atoms with Gasteiger partial charge in [-0.05, 0) is 54.6 Å². The number of aromatic nitrogens is 4. The molecule has 2 aromatic heterocycles. The van der Waals surface area contributed by atoms with Crippen molar-refractivity contribution in [2.24, 2.45) is 0 Å². The molecule has 39 heavy (non-hydrogen) atoms. The highest BCUT2D eigenvalue weighted by molar-refractivity contribution is 5.78. The van der Waals surface area contributed by atoms with Crippen molar-refractivity contribution in [3.8, 4) is 23.5 Å². The second kappa shape index (κ2) is 9.33. The number of alkyl halides is 3. The van der Waals surface area contributed by atoms with Crippen LogP contribution in [0.15, 0.2) is 77.6 Å². The second-order valence-electron chi connectivity index (χ2n) is 9.00. The lowest BCUT2D eigenvalue weighted by Gasteiger charge is -2.28. The van der Waals surface area contributed by atoms with Gasteiger partial charge in [-0.25, -0.2) is 14.5 Å². The van der Waals surface area contributed by atoms with Crippen LogP contribution in [0.3, 0.4) is 0 Å². The number of halogens is 3. The number of nitrogens with zero attached hydrogens (tertiary/aromatic N) is 5. The van der Waals surface area contributed by atoms with Crippen LogP contribution in [0.5, 0.6) is 11.8 Å². The van der Waals surface area contributed by atoms with E-state index < -0.39 is 11.7 Å². The number of ether oxygens (including phenoxy) is 1. The molecule has 1 N–H and O–H groups in total. The van der Waals surface area contributed by atoms with Crippen LogP contribution in [0.1, 0.15) is 22.4 Å². The smallest absolute Gasteiger partial charge is 0.416 e. The Hall–Kier alpha value is -5.11. The number of H-pyrrole nitrogens is 1. The molecule has 0 aliphatic carbocycles. The number of nitrogens with one attached hydrogen (secondary N) is 1. The van der Waals surface area contributed by atoms with Gasteiger partial charge in [-0.15, -0.1) is 0 Å². The van der Waals surface area contributed by atoms with Crippen LogP contribution in [0.25, 0.3) is 16.7 Å². The van der Waals surface area contributed by atoms with Crippen molar-refractivity contribution < 1.29 is 17.9 Å². The zero-order valence-electron chi connectivity index (χ0n) is 20.2. The SMILES string of the molecule is N#Cc1ccc(Oc2nc3c(c(=O)n2-c2ccccc2)CN(c2nc4ccc(C(F)(F)F)cc4[nH]2)CC3)cc1. The summed E-state index contributed by atoms with van der Waals surface area (Å²) in [6.45, 7) is 0.605. The fraction of sp³-hybridized carbons (Fsp3) is 0.143. The topological polar surface area (TPSA) is 99.8 Å². The summed E-state index contributed by atoms with van der Waals surface area (Å²) in [5, 5.41) is 9.06. The Morgan fingerprint density at radius 3 is 2.49 bits per heavy atom. The maximum absolute atomic E-state index is 13.8. The molecule has 3 heterocycles. The zero-order chi connectivity index (χ0) is 27.1. The number of imidazole rings is 1. The Labute approximate surface area is 219 Å². The number of fused-ring (bicyclic) bond motifs is 2. The van der Waals surface area contributed by atoms with E-state index in [0.29, 0.717) is 52.7 Å². The average molecular weight is 528 g/mol. The molecule has 1 aliphatic heterocycles. The third kappa shape index (κ3) is 4.57. The number of hydrogen-bond donors (Lipinski definition) is 1. The van der Waals surface area contributed by atoms with Crippen LogP contribution >= 0.6 is 0 Å². The average Bonchev–Trinajstić information content (AvgIpc) is 3.37. The molecule has 0 atom stereocenters. The van der Waals surface area contributed by atoms with Gasteiger partial charge in [-0.3, -0.25) is 4.79 Å². The summed E-state index contributed by atoms with van der Waals surface area (Å²) in [6.07, 6.45) is -4.07. The third-order valence-electron chi connectivity index (χ3n) is 6.50. The first-order valence-electron chi connectivity index (χ1n) is 12.0. The van der Waals surface area contributed by atoms with E-state index >= 15 is 0 Å². The van der Waals surface area contributed by atoms with E-state index in [9.17, 15) is 18.0 Å². The molecule has 0 fully saturated rings. The van der Waals surface area contributed by atoms with E-state index in [1.54, 1.807) is 48.5 Å². The van der Waals surface area contributed by atoms with Crippen LogP contribution < -0.4 is 15.2 Å². The van der Waals surface area contributed by atoms with Gasteiger partial charge in [0.1, 0.15) is 5.75 Å². The summed E-state index contributed by atoms with van der Waals surface area (Å²) in [4.78, 5) is 27.8. The second-order valence-corrected chi connectivity index (χ2v) is 9.00. The van der Waals surface area contributed by atoms with E-state index in [1.165, 1.54) is 10.6 Å². The zero-order valence-corrected chi connectivity index (χ0v) is 20.2. The lowest BCUT2D eigenvalue weighted by molar-refractivity contribution is -0.137. The fourth-order valence-electron chi connectivity index (χ4n) is 4.53. The first-order valence-corrected chi connectivity index (χ1v) is 12.0. The first kappa shape index (κ1) is 24.2. The van der Waals surface area contributed by atoms with Crippen molar-refractivity contribution in [3.63, 3.8) is 0 Å². The number of anilines is 1. The molecular formula is C28H19F3N6O2. The van der Waals surface area contributed by atoms with E-state index in [4.69, 9.17) is 15.0 Å². The van der Waals surface area contributed by atoms with Crippen molar-refractivity contribution in [1.29, 1.82) is 5.26 Å². The Bertz CT molecular complexity index is 1790. The predicted molar refractivity (Wildman–Crippen MR) is 137 cm³/mol. The Morgan fingerprint density at radius 2 is 1.77 bits per heavy atom. The largest absolute Gasteiger partial charge is 0.425 e. The number of nitriles is 1. The maximum Gasteiger partial charge on any atom is 0.416 e. The van der Waals surface area contributed by atoms with Crippen LogP contribution in [0.4, 0.5) is 19.1 Å². The number of aromatic amines is 1.